The van der Waals surface area contributed by atoms with Gasteiger partial charge in [-0.1, -0.05) is 24.3 Å². The zero-order chi connectivity index (χ0) is 15.7. The number of hydrogen-bond donors (Lipinski definition) is 0. The van der Waals surface area contributed by atoms with Gasteiger partial charge in [0.25, 0.3) is 0 Å². The Morgan fingerprint density at radius 3 is 2.62 bits per heavy atom. The van der Waals surface area contributed by atoms with Gasteiger partial charge in [0.15, 0.2) is 0 Å². The average Bonchev–Trinajstić information content (AvgIpc) is 3.18. The Morgan fingerprint density at radius 2 is 1.67 bits per heavy atom. The van der Waals surface area contributed by atoms with E-state index in [4.69, 9.17) is 4.98 Å². The molecule has 5 aromatic rings. The molecular weight excluding hydrogens is 296 g/mol. The van der Waals surface area contributed by atoms with Gasteiger partial charge >= 0.3 is 0 Å². The van der Waals surface area contributed by atoms with Crippen molar-refractivity contribution in [3.05, 3.63) is 72.4 Å². The lowest BCUT2D eigenvalue weighted by atomic mass is 10.1. The Kier molecular flexibility index (Phi) is 2.12. The number of hydrogen-bond acceptors (Lipinski definition) is 3. The minimum absolute atomic E-state index is 0.917. The lowest BCUT2D eigenvalue weighted by Gasteiger charge is -2.09. The first-order chi connectivity index (χ1) is 11.9. The van der Waals surface area contributed by atoms with Crippen LogP contribution in [-0.2, 0) is 6.42 Å². The average molecular weight is 308 g/mol. The van der Waals surface area contributed by atoms with Crippen molar-refractivity contribution in [3.63, 3.8) is 0 Å². The third kappa shape index (κ3) is 1.36. The molecule has 112 valence electrons. The molecule has 4 heterocycles. The Hall–Kier alpha value is -3.27. The SMILES string of the molecule is c1ccc2c(c1)Cc1c-2nc2c3ccncc3c3cnccc3n12. The van der Waals surface area contributed by atoms with E-state index in [-0.39, 0.29) is 0 Å². The van der Waals surface area contributed by atoms with Crippen LogP contribution in [0.1, 0.15) is 11.3 Å². The van der Waals surface area contributed by atoms with Gasteiger partial charge in [-0.2, -0.15) is 0 Å². The van der Waals surface area contributed by atoms with Gasteiger partial charge in [-0.3, -0.25) is 14.4 Å². The molecule has 0 unspecified atom stereocenters. The Bertz CT molecular complexity index is 1280. The van der Waals surface area contributed by atoms with Crippen LogP contribution >= 0.6 is 0 Å². The Labute approximate surface area is 137 Å². The van der Waals surface area contributed by atoms with Gasteiger partial charge in [-0.15, -0.1) is 0 Å². The molecular formula is C20H12N4. The monoisotopic (exact) mass is 308 g/mol. The molecule has 0 N–H and O–H groups in total. The minimum Gasteiger partial charge on any atom is -0.295 e. The summed E-state index contributed by atoms with van der Waals surface area (Å²) in [5, 5.41) is 3.34. The largest absolute Gasteiger partial charge is 0.295 e. The van der Waals surface area contributed by atoms with E-state index in [9.17, 15) is 0 Å². The zero-order valence-electron chi connectivity index (χ0n) is 12.8. The molecule has 0 aliphatic heterocycles. The molecule has 0 spiro atoms. The second kappa shape index (κ2) is 4.17. The van der Waals surface area contributed by atoms with Gasteiger partial charge in [-0.25, -0.2) is 4.98 Å². The third-order valence-electron chi connectivity index (χ3n) is 4.99. The van der Waals surface area contributed by atoms with E-state index in [0.29, 0.717) is 0 Å². The summed E-state index contributed by atoms with van der Waals surface area (Å²) in [6, 6.07) is 12.7. The highest BCUT2D eigenvalue weighted by molar-refractivity contribution is 6.11. The van der Waals surface area contributed by atoms with Crippen LogP contribution in [-0.4, -0.2) is 19.4 Å². The normalized spacial score (nSPS) is 12.8. The first-order valence-corrected chi connectivity index (χ1v) is 8.01. The van der Waals surface area contributed by atoms with Gasteiger partial charge in [-0.05, 0) is 17.7 Å². The first-order valence-electron chi connectivity index (χ1n) is 8.01. The van der Waals surface area contributed by atoms with Gasteiger partial charge in [0.05, 0.1) is 16.9 Å². The maximum atomic E-state index is 5.03. The Balaban J connectivity index is 1.90. The van der Waals surface area contributed by atoms with Crippen molar-refractivity contribution in [2.75, 3.05) is 0 Å². The van der Waals surface area contributed by atoms with Crippen molar-refractivity contribution in [1.29, 1.82) is 0 Å². The molecule has 0 saturated heterocycles. The van der Waals surface area contributed by atoms with E-state index in [1.807, 2.05) is 30.9 Å². The highest BCUT2D eigenvalue weighted by Crippen LogP contribution is 2.39. The number of benzene rings is 1. The number of imidazole rings is 1. The van der Waals surface area contributed by atoms with E-state index in [1.54, 1.807) is 0 Å². The number of aromatic nitrogens is 4. The topological polar surface area (TPSA) is 43.1 Å². The second-order valence-electron chi connectivity index (χ2n) is 6.21. The molecule has 0 atom stereocenters. The summed E-state index contributed by atoms with van der Waals surface area (Å²) in [7, 11) is 0. The summed E-state index contributed by atoms with van der Waals surface area (Å²) in [5.41, 5.74) is 7.11. The fourth-order valence-electron chi connectivity index (χ4n) is 3.95. The van der Waals surface area contributed by atoms with Crippen LogP contribution in [0.2, 0.25) is 0 Å². The number of fused-ring (bicyclic) bond motifs is 10. The fourth-order valence-corrected chi connectivity index (χ4v) is 3.95. The van der Waals surface area contributed by atoms with Gasteiger partial charge in [0.1, 0.15) is 5.65 Å². The summed E-state index contributed by atoms with van der Waals surface area (Å²) < 4.78 is 2.30. The van der Waals surface area contributed by atoms with Gasteiger partial charge < -0.3 is 0 Å². The minimum atomic E-state index is 0.917. The molecule has 0 saturated carbocycles. The molecule has 0 bridgehead atoms. The van der Waals surface area contributed by atoms with E-state index < -0.39 is 0 Å². The van der Waals surface area contributed by atoms with E-state index >= 15 is 0 Å². The van der Waals surface area contributed by atoms with Crippen LogP contribution < -0.4 is 0 Å². The van der Waals surface area contributed by atoms with Crippen LogP contribution in [0.25, 0.3) is 38.6 Å². The van der Waals surface area contributed by atoms with Crippen LogP contribution in [0.5, 0.6) is 0 Å². The predicted molar refractivity (Wildman–Crippen MR) is 94.0 cm³/mol. The first kappa shape index (κ1) is 12.2. The summed E-state index contributed by atoms with van der Waals surface area (Å²) in [4.78, 5) is 13.7. The Morgan fingerprint density at radius 1 is 0.833 bits per heavy atom. The lowest BCUT2D eigenvalue weighted by molar-refractivity contribution is 1.09. The molecule has 6 rings (SSSR count). The molecule has 24 heavy (non-hydrogen) atoms. The molecule has 1 aliphatic carbocycles. The van der Waals surface area contributed by atoms with Crippen molar-refractivity contribution >= 4 is 27.3 Å². The zero-order valence-corrected chi connectivity index (χ0v) is 12.8. The molecule has 0 radical (unpaired) electrons. The highest BCUT2D eigenvalue weighted by atomic mass is 15.0. The fraction of sp³-hybridized carbons (Fsp3) is 0.0500. The molecule has 4 aromatic heterocycles. The number of nitrogens with zero attached hydrogens (tertiary/aromatic N) is 4. The summed E-state index contributed by atoms with van der Waals surface area (Å²) >= 11 is 0. The van der Waals surface area contributed by atoms with E-state index in [2.05, 4.69) is 44.7 Å². The van der Waals surface area contributed by atoms with E-state index in [0.717, 1.165) is 39.4 Å². The van der Waals surface area contributed by atoms with Crippen molar-refractivity contribution in [3.8, 4) is 11.3 Å². The van der Waals surface area contributed by atoms with Crippen molar-refractivity contribution < 1.29 is 0 Å². The number of rotatable bonds is 0. The second-order valence-corrected chi connectivity index (χ2v) is 6.21. The summed E-state index contributed by atoms with van der Waals surface area (Å²) in [5.74, 6) is 0. The van der Waals surface area contributed by atoms with Crippen LogP contribution in [0.3, 0.4) is 0 Å². The standard InChI is InChI=1S/C20H12N4/c1-2-4-13-12(3-1)9-18-19(13)23-20-14-5-7-21-10-15(14)16-11-22-8-6-17(16)24(18)20/h1-8,10-11H,9H2. The third-order valence-corrected chi connectivity index (χ3v) is 4.99. The summed E-state index contributed by atoms with van der Waals surface area (Å²) in [6.07, 6.45) is 8.43. The summed E-state index contributed by atoms with van der Waals surface area (Å²) in [6.45, 7) is 0. The molecule has 0 amide bonds. The van der Waals surface area contributed by atoms with E-state index in [1.165, 1.54) is 16.8 Å². The molecule has 4 heteroatoms. The molecule has 1 aromatic carbocycles. The highest BCUT2D eigenvalue weighted by Gasteiger charge is 2.25. The molecule has 4 nitrogen and oxygen atoms in total. The van der Waals surface area contributed by atoms with Crippen molar-refractivity contribution in [2.45, 2.75) is 6.42 Å². The maximum absolute atomic E-state index is 5.03. The van der Waals surface area contributed by atoms with Crippen LogP contribution in [0, 0.1) is 0 Å². The van der Waals surface area contributed by atoms with Gasteiger partial charge in [0.2, 0.25) is 0 Å². The van der Waals surface area contributed by atoms with Crippen LogP contribution in [0.15, 0.2) is 61.2 Å². The van der Waals surface area contributed by atoms with Crippen LogP contribution in [0.4, 0.5) is 0 Å². The smallest absolute Gasteiger partial charge is 0.146 e. The molecule has 1 aliphatic rings. The van der Waals surface area contributed by atoms with Crippen molar-refractivity contribution in [1.82, 2.24) is 19.4 Å². The number of pyridine rings is 3. The quantitative estimate of drug-likeness (QED) is 0.398. The van der Waals surface area contributed by atoms with Gasteiger partial charge in [0, 0.05) is 52.9 Å². The maximum Gasteiger partial charge on any atom is 0.146 e. The van der Waals surface area contributed by atoms with Crippen molar-refractivity contribution in [2.24, 2.45) is 0 Å². The molecule has 0 fully saturated rings. The predicted octanol–water partition coefficient (Wildman–Crippen LogP) is 4.00. The lowest BCUT2D eigenvalue weighted by Crippen LogP contribution is -1.96.